The standard InChI is InChI=1S/C13H16O4/c1-17-11(16)13-7-9(14)8(12(13)5-6-12)3-2-4-10(13)15/h8H,2-7H2,1H3. The summed E-state index contributed by atoms with van der Waals surface area (Å²) in [5.74, 6) is -0.512. The molecule has 92 valence electrons. The van der Waals surface area contributed by atoms with E-state index < -0.39 is 11.4 Å². The fourth-order valence-corrected chi connectivity index (χ4v) is 4.13. The first-order chi connectivity index (χ1) is 8.08. The summed E-state index contributed by atoms with van der Waals surface area (Å²) < 4.78 is 4.85. The van der Waals surface area contributed by atoms with E-state index in [0.29, 0.717) is 6.42 Å². The number of Topliss-reactive ketones (excluding diaryl/α,β-unsaturated/α-hetero) is 2. The van der Waals surface area contributed by atoms with Crippen LogP contribution in [0.5, 0.6) is 0 Å². The Labute approximate surface area is 99.7 Å². The van der Waals surface area contributed by atoms with E-state index in [0.717, 1.165) is 25.7 Å². The third-order valence-corrected chi connectivity index (χ3v) is 5.04. The van der Waals surface area contributed by atoms with Crippen molar-refractivity contribution in [2.75, 3.05) is 7.11 Å². The summed E-state index contributed by atoms with van der Waals surface area (Å²) in [6.07, 6.45) is 3.65. The van der Waals surface area contributed by atoms with Crippen LogP contribution in [-0.4, -0.2) is 24.6 Å². The second-order valence-corrected chi connectivity index (χ2v) is 5.56. The van der Waals surface area contributed by atoms with Gasteiger partial charge in [-0.05, 0) is 25.7 Å². The molecule has 0 aromatic heterocycles. The van der Waals surface area contributed by atoms with Gasteiger partial charge in [0.1, 0.15) is 11.2 Å². The number of rotatable bonds is 1. The smallest absolute Gasteiger partial charge is 0.320 e. The maximum absolute atomic E-state index is 12.3. The highest BCUT2D eigenvalue weighted by molar-refractivity contribution is 6.12. The molecule has 3 saturated carbocycles. The van der Waals surface area contributed by atoms with E-state index in [9.17, 15) is 14.4 Å². The second-order valence-electron chi connectivity index (χ2n) is 5.56. The van der Waals surface area contributed by atoms with Gasteiger partial charge in [0.15, 0.2) is 5.78 Å². The Morgan fingerprint density at radius 1 is 1.35 bits per heavy atom. The fraction of sp³-hybridized carbons (Fsp3) is 0.769. The van der Waals surface area contributed by atoms with Crippen LogP contribution in [-0.2, 0) is 19.1 Å². The molecule has 3 aliphatic carbocycles. The quantitative estimate of drug-likeness (QED) is 0.508. The van der Waals surface area contributed by atoms with Crippen LogP contribution in [0.1, 0.15) is 38.5 Å². The molecule has 2 bridgehead atoms. The molecule has 3 aliphatic rings. The Morgan fingerprint density at radius 3 is 2.65 bits per heavy atom. The number of carbonyl (C=O) groups excluding carboxylic acids is 3. The summed E-state index contributed by atoms with van der Waals surface area (Å²) in [4.78, 5) is 36.5. The average molecular weight is 236 g/mol. The lowest BCUT2D eigenvalue weighted by Crippen LogP contribution is -2.45. The van der Waals surface area contributed by atoms with Crippen molar-refractivity contribution < 1.29 is 19.1 Å². The maximum Gasteiger partial charge on any atom is 0.320 e. The number of methoxy groups -OCH3 is 1. The van der Waals surface area contributed by atoms with Gasteiger partial charge in [-0.15, -0.1) is 0 Å². The maximum atomic E-state index is 12.3. The first kappa shape index (κ1) is 10.9. The van der Waals surface area contributed by atoms with Crippen LogP contribution in [0, 0.1) is 16.7 Å². The lowest BCUT2D eigenvalue weighted by Gasteiger charge is -2.30. The van der Waals surface area contributed by atoms with Crippen molar-refractivity contribution >= 4 is 17.5 Å². The van der Waals surface area contributed by atoms with Crippen molar-refractivity contribution in [3.8, 4) is 0 Å². The van der Waals surface area contributed by atoms with E-state index in [1.807, 2.05) is 0 Å². The highest BCUT2D eigenvalue weighted by Crippen LogP contribution is 2.72. The highest BCUT2D eigenvalue weighted by Gasteiger charge is 2.76. The molecule has 3 fully saturated rings. The summed E-state index contributed by atoms with van der Waals surface area (Å²) in [6, 6.07) is 0. The Morgan fingerprint density at radius 2 is 2.06 bits per heavy atom. The lowest BCUT2D eigenvalue weighted by molar-refractivity contribution is -0.162. The van der Waals surface area contributed by atoms with Crippen LogP contribution in [0.3, 0.4) is 0 Å². The zero-order valence-electron chi connectivity index (χ0n) is 9.95. The molecule has 0 N–H and O–H groups in total. The number of esters is 1. The van der Waals surface area contributed by atoms with Gasteiger partial charge >= 0.3 is 5.97 Å². The molecule has 0 amide bonds. The van der Waals surface area contributed by atoms with Gasteiger partial charge in [0.2, 0.25) is 0 Å². The molecule has 0 saturated heterocycles. The van der Waals surface area contributed by atoms with E-state index in [-0.39, 0.29) is 29.3 Å². The van der Waals surface area contributed by atoms with E-state index >= 15 is 0 Å². The Hall–Kier alpha value is -1.19. The molecule has 0 aromatic rings. The largest absolute Gasteiger partial charge is 0.468 e. The molecule has 3 rings (SSSR count). The molecule has 0 aromatic carbocycles. The highest BCUT2D eigenvalue weighted by atomic mass is 16.5. The molecule has 0 radical (unpaired) electrons. The molecule has 4 nitrogen and oxygen atoms in total. The molecular formula is C13H16O4. The van der Waals surface area contributed by atoms with E-state index in [1.165, 1.54) is 7.11 Å². The van der Waals surface area contributed by atoms with Gasteiger partial charge < -0.3 is 4.74 Å². The number of carbonyl (C=O) groups is 3. The Balaban J connectivity index is 2.16. The van der Waals surface area contributed by atoms with Crippen molar-refractivity contribution in [2.24, 2.45) is 16.7 Å². The normalized spacial score (nSPS) is 38.1. The Bertz CT molecular complexity index is 421. The molecule has 2 unspecified atom stereocenters. The predicted molar refractivity (Wildman–Crippen MR) is 58.1 cm³/mol. The summed E-state index contributed by atoms with van der Waals surface area (Å²) in [5.41, 5.74) is -1.50. The van der Waals surface area contributed by atoms with E-state index in [1.54, 1.807) is 0 Å². The summed E-state index contributed by atoms with van der Waals surface area (Å²) in [5, 5.41) is 0. The van der Waals surface area contributed by atoms with Gasteiger partial charge in [0, 0.05) is 24.2 Å². The van der Waals surface area contributed by atoms with Gasteiger partial charge in [-0.25, -0.2) is 0 Å². The van der Waals surface area contributed by atoms with Crippen LogP contribution in [0.25, 0.3) is 0 Å². The first-order valence-electron chi connectivity index (χ1n) is 6.23. The molecular weight excluding hydrogens is 220 g/mol. The van der Waals surface area contributed by atoms with Crippen molar-refractivity contribution in [3.05, 3.63) is 0 Å². The molecule has 0 aliphatic heterocycles. The monoisotopic (exact) mass is 236 g/mol. The molecule has 4 heteroatoms. The fourth-order valence-electron chi connectivity index (χ4n) is 4.13. The Kier molecular flexibility index (Phi) is 2.04. The average Bonchev–Trinajstić information content (AvgIpc) is 3.06. The molecule has 1 spiro atoms. The van der Waals surface area contributed by atoms with Crippen LogP contribution in [0.15, 0.2) is 0 Å². The number of ketones is 2. The SMILES string of the molecule is COC(=O)C12CC(=O)C(CCCC1=O)C21CC1. The number of ether oxygens (including phenoxy) is 1. The van der Waals surface area contributed by atoms with Gasteiger partial charge in [0.05, 0.1) is 7.11 Å². The van der Waals surface area contributed by atoms with Crippen molar-refractivity contribution in [1.82, 2.24) is 0 Å². The van der Waals surface area contributed by atoms with E-state index in [2.05, 4.69) is 0 Å². The van der Waals surface area contributed by atoms with E-state index in [4.69, 9.17) is 4.74 Å². The minimum atomic E-state index is -1.12. The zero-order valence-corrected chi connectivity index (χ0v) is 9.95. The molecule has 17 heavy (non-hydrogen) atoms. The van der Waals surface area contributed by atoms with Crippen LogP contribution < -0.4 is 0 Å². The van der Waals surface area contributed by atoms with Gasteiger partial charge in [0.25, 0.3) is 0 Å². The van der Waals surface area contributed by atoms with Crippen molar-refractivity contribution in [3.63, 3.8) is 0 Å². The predicted octanol–water partition coefficient (Wildman–Crippen LogP) is 1.27. The third-order valence-electron chi connectivity index (χ3n) is 5.04. The summed E-state index contributed by atoms with van der Waals surface area (Å²) in [7, 11) is 1.31. The first-order valence-corrected chi connectivity index (χ1v) is 6.23. The van der Waals surface area contributed by atoms with Crippen molar-refractivity contribution in [2.45, 2.75) is 38.5 Å². The van der Waals surface area contributed by atoms with Crippen LogP contribution >= 0.6 is 0 Å². The van der Waals surface area contributed by atoms with Crippen LogP contribution in [0.2, 0.25) is 0 Å². The zero-order chi connectivity index (χ0) is 12.3. The van der Waals surface area contributed by atoms with Crippen molar-refractivity contribution in [1.29, 1.82) is 0 Å². The summed E-state index contributed by atoms with van der Waals surface area (Å²) in [6.45, 7) is 0. The van der Waals surface area contributed by atoms with Crippen LogP contribution in [0.4, 0.5) is 0 Å². The summed E-state index contributed by atoms with van der Waals surface area (Å²) >= 11 is 0. The minimum Gasteiger partial charge on any atom is -0.468 e. The van der Waals surface area contributed by atoms with Gasteiger partial charge in [-0.1, -0.05) is 0 Å². The topological polar surface area (TPSA) is 60.4 Å². The molecule has 2 atom stereocenters. The minimum absolute atomic E-state index is 0.0600. The molecule has 0 heterocycles. The number of hydrogen-bond donors (Lipinski definition) is 0. The second kappa shape index (κ2) is 3.18. The third kappa shape index (κ3) is 1.06. The van der Waals surface area contributed by atoms with Gasteiger partial charge in [-0.2, -0.15) is 0 Å². The lowest BCUT2D eigenvalue weighted by atomic mass is 9.70. The van der Waals surface area contributed by atoms with Gasteiger partial charge in [-0.3, -0.25) is 14.4 Å². The number of hydrogen-bond acceptors (Lipinski definition) is 4.